The summed E-state index contributed by atoms with van der Waals surface area (Å²) < 4.78 is 2.34. The molecule has 3 heterocycles. The molecule has 0 atom stereocenters. The summed E-state index contributed by atoms with van der Waals surface area (Å²) in [7, 11) is 0. The molecule has 124 valence electrons. The largest absolute Gasteiger partial charge is 0.317 e. The second-order valence-corrected chi connectivity index (χ2v) is 6.67. The zero-order chi connectivity index (χ0) is 16.4. The Morgan fingerprint density at radius 3 is 2.67 bits per heavy atom. The van der Waals surface area contributed by atoms with Crippen molar-refractivity contribution in [3.63, 3.8) is 0 Å². The van der Waals surface area contributed by atoms with Crippen LogP contribution in [0.15, 0.2) is 24.3 Å². The number of hydrogen-bond donors (Lipinski definition) is 1. The molecule has 0 aliphatic carbocycles. The second-order valence-electron chi connectivity index (χ2n) is 6.67. The van der Waals surface area contributed by atoms with Crippen LogP contribution in [-0.4, -0.2) is 39.3 Å². The molecule has 2 aliphatic heterocycles. The van der Waals surface area contributed by atoms with Gasteiger partial charge < -0.3 is 9.88 Å². The van der Waals surface area contributed by atoms with Crippen molar-refractivity contribution < 1.29 is 0 Å². The first-order valence-corrected chi connectivity index (χ1v) is 8.67. The maximum Gasteiger partial charge on any atom is 0.147 e. The summed E-state index contributed by atoms with van der Waals surface area (Å²) in [5.74, 6) is 2.82. The fourth-order valence-corrected chi connectivity index (χ4v) is 3.69. The van der Waals surface area contributed by atoms with Crippen LogP contribution in [0.25, 0.3) is 0 Å². The first-order valence-electron chi connectivity index (χ1n) is 8.67. The van der Waals surface area contributed by atoms with Gasteiger partial charge in [0, 0.05) is 25.6 Å². The number of benzene rings is 1. The highest BCUT2D eigenvalue weighted by molar-refractivity contribution is 5.31. The Balaban J connectivity index is 1.44. The minimum Gasteiger partial charge on any atom is -0.317 e. The Morgan fingerprint density at radius 1 is 1.12 bits per heavy atom. The van der Waals surface area contributed by atoms with E-state index in [0.717, 1.165) is 57.9 Å². The van der Waals surface area contributed by atoms with Crippen LogP contribution in [0, 0.1) is 11.3 Å². The number of aromatic nitrogens is 3. The van der Waals surface area contributed by atoms with Crippen LogP contribution in [-0.2, 0) is 19.6 Å². The molecule has 0 saturated carbocycles. The van der Waals surface area contributed by atoms with Gasteiger partial charge in [-0.15, -0.1) is 10.2 Å². The molecule has 6 heteroatoms. The average Bonchev–Trinajstić information content (AvgIpc) is 3.06. The molecule has 0 bridgehead atoms. The van der Waals surface area contributed by atoms with Gasteiger partial charge in [0.2, 0.25) is 0 Å². The van der Waals surface area contributed by atoms with Crippen molar-refractivity contribution >= 4 is 0 Å². The molecule has 6 nitrogen and oxygen atoms in total. The smallest absolute Gasteiger partial charge is 0.147 e. The molecule has 0 radical (unpaired) electrons. The van der Waals surface area contributed by atoms with Crippen LogP contribution in [0.5, 0.6) is 0 Å². The first-order chi connectivity index (χ1) is 11.8. The number of hydrogen-bond acceptors (Lipinski definition) is 5. The summed E-state index contributed by atoms with van der Waals surface area (Å²) in [6.45, 7) is 5.88. The van der Waals surface area contributed by atoms with Crippen LogP contribution in [0.1, 0.15) is 41.5 Å². The lowest BCUT2D eigenvalue weighted by Crippen LogP contribution is -2.35. The van der Waals surface area contributed by atoms with Gasteiger partial charge in [0.25, 0.3) is 0 Å². The zero-order valence-electron chi connectivity index (χ0n) is 13.8. The third-order valence-corrected chi connectivity index (χ3v) is 5.05. The Kier molecular flexibility index (Phi) is 4.28. The predicted octanol–water partition coefficient (Wildman–Crippen LogP) is 1.63. The van der Waals surface area contributed by atoms with Gasteiger partial charge in [-0.2, -0.15) is 5.26 Å². The van der Waals surface area contributed by atoms with Gasteiger partial charge in [-0.25, -0.2) is 0 Å². The monoisotopic (exact) mass is 322 g/mol. The van der Waals surface area contributed by atoms with E-state index in [0.29, 0.717) is 11.5 Å². The number of rotatable bonds is 3. The average molecular weight is 322 g/mol. The highest BCUT2D eigenvalue weighted by Gasteiger charge is 2.26. The van der Waals surface area contributed by atoms with Gasteiger partial charge >= 0.3 is 0 Å². The van der Waals surface area contributed by atoms with E-state index >= 15 is 0 Å². The Bertz CT molecular complexity index is 736. The molecule has 24 heavy (non-hydrogen) atoms. The molecule has 0 spiro atoms. The van der Waals surface area contributed by atoms with Crippen LogP contribution in [0.4, 0.5) is 0 Å². The molecule has 1 N–H and O–H groups in total. The lowest BCUT2D eigenvalue weighted by molar-refractivity contribution is 0.205. The fraction of sp³-hybridized carbons (Fsp3) is 0.500. The molecule has 4 rings (SSSR count). The van der Waals surface area contributed by atoms with E-state index in [4.69, 9.17) is 5.26 Å². The molecule has 1 fully saturated rings. The summed E-state index contributed by atoms with van der Waals surface area (Å²) in [4.78, 5) is 2.40. The SMILES string of the molecule is N#Cc1ccc(CN2CCn3c(nnc3C3CCNCC3)C2)cc1. The number of piperidine rings is 1. The third-order valence-electron chi connectivity index (χ3n) is 5.05. The highest BCUT2D eigenvalue weighted by Crippen LogP contribution is 2.26. The van der Waals surface area contributed by atoms with Gasteiger partial charge in [0.15, 0.2) is 0 Å². The number of nitriles is 1. The molecule has 1 aromatic carbocycles. The van der Waals surface area contributed by atoms with E-state index in [1.807, 2.05) is 24.3 Å². The molecule has 1 saturated heterocycles. The number of fused-ring (bicyclic) bond motifs is 1. The van der Waals surface area contributed by atoms with E-state index in [1.165, 1.54) is 11.4 Å². The van der Waals surface area contributed by atoms with Gasteiger partial charge in [-0.3, -0.25) is 4.90 Å². The maximum atomic E-state index is 8.89. The highest BCUT2D eigenvalue weighted by atomic mass is 15.3. The number of nitrogens with zero attached hydrogens (tertiary/aromatic N) is 5. The van der Waals surface area contributed by atoms with Gasteiger partial charge in [0.1, 0.15) is 11.6 Å². The summed E-state index contributed by atoms with van der Waals surface area (Å²) in [5.41, 5.74) is 1.95. The van der Waals surface area contributed by atoms with Crippen molar-refractivity contribution in [2.24, 2.45) is 0 Å². The van der Waals surface area contributed by atoms with Crippen LogP contribution >= 0.6 is 0 Å². The summed E-state index contributed by atoms with van der Waals surface area (Å²) >= 11 is 0. The van der Waals surface area contributed by atoms with E-state index in [1.54, 1.807) is 0 Å². The molecule has 2 aromatic rings. The summed E-state index contributed by atoms with van der Waals surface area (Å²) in [6.07, 6.45) is 2.32. The normalized spacial score (nSPS) is 19.0. The van der Waals surface area contributed by atoms with E-state index in [-0.39, 0.29) is 0 Å². The molecule has 1 aromatic heterocycles. The van der Waals surface area contributed by atoms with Gasteiger partial charge in [0.05, 0.1) is 18.2 Å². The van der Waals surface area contributed by atoms with Crippen LogP contribution in [0.3, 0.4) is 0 Å². The lowest BCUT2D eigenvalue weighted by Gasteiger charge is -2.29. The van der Waals surface area contributed by atoms with Crippen LogP contribution < -0.4 is 5.32 Å². The molecular formula is C18H22N6. The van der Waals surface area contributed by atoms with Crippen molar-refractivity contribution in [2.75, 3.05) is 19.6 Å². The fourth-order valence-electron chi connectivity index (χ4n) is 3.69. The summed E-state index contributed by atoms with van der Waals surface area (Å²) in [6, 6.07) is 10.0. The van der Waals surface area contributed by atoms with Gasteiger partial charge in [-0.1, -0.05) is 12.1 Å². The standard InChI is InChI=1S/C18H22N6/c19-11-14-1-3-15(4-2-14)12-23-9-10-24-17(13-23)21-22-18(24)16-5-7-20-8-6-16/h1-4,16,20H,5-10,12-13H2. The predicted molar refractivity (Wildman–Crippen MR) is 90.1 cm³/mol. The van der Waals surface area contributed by atoms with Gasteiger partial charge in [-0.05, 0) is 43.6 Å². The van der Waals surface area contributed by atoms with E-state index in [9.17, 15) is 0 Å². The van der Waals surface area contributed by atoms with Crippen molar-refractivity contribution in [3.8, 4) is 6.07 Å². The topological polar surface area (TPSA) is 69.8 Å². The van der Waals surface area contributed by atoms with Crippen molar-refractivity contribution in [1.29, 1.82) is 5.26 Å². The molecule has 2 aliphatic rings. The quantitative estimate of drug-likeness (QED) is 0.930. The molecule has 0 amide bonds. The first kappa shape index (κ1) is 15.3. The minimum atomic E-state index is 0.553. The third kappa shape index (κ3) is 3.05. The maximum absolute atomic E-state index is 8.89. The van der Waals surface area contributed by atoms with Crippen LogP contribution in [0.2, 0.25) is 0 Å². The van der Waals surface area contributed by atoms with Crippen molar-refractivity contribution in [3.05, 3.63) is 47.0 Å². The minimum absolute atomic E-state index is 0.553. The second kappa shape index (κ2) is 6.71. The van der Waals surface area contributed by atoms with E-state index < -0.39 is 0 Å². The van der Waals surface area contributed by atoms with E-state index in [2.05, 4.69) is 31.1 Å². The summed E-state index contributed by atoms with van der Waals surface area (Å²) in [5, 5.41) is 21.3. The van der Waals surface area contributed by atoms with Crippen molar-refractivity contribution in [1.82, 2.24) is 25.0 Å². The zero-order valence-corrected chi connectivity index (χ0v) is 13.8. The lowest BCUT2D eigenvalue weighted by atomic mass is 9.97. The molecular weight excluding hydrogens is 300 g/mol. The number of nitrogens with one attached hydrogen (secondary N) is 1. The Hall–Kier alpha value is -2.23. The van der Waals surface area contributed by atoms with Crippen molar-refractivity contribution in [2.45, 2.75) is 38.4 Å². The Labute approximate surface area is 142 Å². The Morgan fingerprint density at radius 2 is 1.92 bits per heavy atom. The molecule has 0 unspecified atom stereocenters.